The van der Waals surface area contributed by atoms with Crippen LogP contribution < -0.4 is 5.32 Å². The van der Waals surface area contributed by atoms with Crippen LogP contribution in [0.15, 0.2) is 18.2 Å². The molecule has 8 heteroatoms. The summed E-state index contributed by atoms with van der Waals surface area (Å²) < 4.78 is 39.6. The Balaban J connectivity index is 2.23. The number of rotatable bonds is 4. The lowest BCUT2D eigenvalue weighted by atomic mass is 10.0. The van der Waals surface area contributed by atoms with Crippen molar-refractivity contribution in [1.29, 1.82) is 0 Å². The Labute approximate surface area is 134 Å². The Bertz CT molecular complexity index is 666. The van der Waals surface area contributed by atoms with Crippen LogP contribution in [0, 0.1) is 5.82 Å². The van der Waals surface area contributed by atoms with Gasteiger partial charge in [-0.15, -0.1) is 0 Å². The van der Waals surface area contributed by atoms with Crippen LogP contribution in [-0.2, 0) is 20.6 Å². The summed E-state index contributed by atoms with van der Waals surface area (Å²) in [5, 5.41) is 2.38. The van der Waals surface area contributed by atoms with E-state index in [9.17, 15) is 17.6 Å². The summed E-state index contributed by atoms with van der Waals surface area (Å²) in [6, 6.07) is 3.14. The minimum Gasteiger partial charge on any atom is -0.358 e. The first-order valence-corrected chi connectivity index (χ1v) is 8.99. The van der Waals surface area contributed by atoms with Gasteiger partial charge in [-0.25, -0.2) is 12.8 Å². The van der Waals surface area contributed by atoms with Gasteiger partial charge in [-0.3, -0.25) is 4.79 Å². The number of likely N-dealkylation sites (N-methyl/N-ethyl adjacent to an activating group) is 1. The van der Waals surface area contributed by atoms with Crippen molar-refractivity contribution in [2.75, 3.05) is 13.6 Å². The van der Waals surface area contributed by atoms with Crippen LogP contribution in [0.3, 0.4) is 0 Å². The lowest BCUT2D eigenvalue weighted by molar-refractivity contribution is -0.125. The van der Waals surface area contributed by atoms with Gasteiger partial charge < -0.3 is 5.32 Å². The lowest BCUT2D eigenvalue weighted by Gasteiger charge is -2.33. The van der Waals surface area contributed by atoms with Crippen LogP contribution in [0.5, 0.6) is 0 Å². The van der Waals surface area contributed by atoms with E-state index in [1.165, 1.54) is 23.5 Å². The molecule has 122 valence electrons. The second kappa shape index (κ2) is 6.93. The van der Waals surface area contributed by atoms with Crippen molar-refractivity contribution in [3.05, 3.63) is 34.6 Å². The first-order valence-electron chi connectivity index (χ1n) is 7.00. The molecule has 1 atom stereocenters. The van der Waals surface area contributed by atoms with Crippen molar-refractivity contribution in [2.24, 2.45) is 0 Å². The zero-order valence-corrected chi connectivity index (χ0v) is 13.8. The first kappa shape index (κ1) is 17.2. The number of carbonyl (C=O) groups is 1. The average molecular weight is 349 g/mol. The minimum absolute atomic E-state index is 0.116. The predicted octanol–water partition coefficient (Wildman–Crippen LogP) is 1.91. The lowest BCUT2D eigenvalue weighted by Crippen LogP contribution is -2.51. The highest BCUT2D eigenvalue weighted by molar-refractivity contribution is 7.88. The molecule has 0 unspecified atom stereocenters. The third kappa shape index (κ3) is 3.77. The van der Waals surface area contributed by atoms with Crippen molar-refractivity contribution in [1.82, 2.24) is 9.62 Å². The predicted molar refractivity (Wildman–Crippen MR) is 82.4 cm³/mol. The number of carbonyl (C=O) groups excluding carboxylic acids is 1. The molecule has 1 saturated heterocycles. The smallest absolute Gasteiger partial charge is 0.238 e. The first-order chi connectivity index (χ1) is 10.3. The Kier molecular flexibility index (Phi) is 5.41. The standard InChI is InChI=1S/C14H18ClFN2O3S/c1-17-14(19)13-4-2-3-7-18(13)22(20,21)9-10-5-6-12(16)11(15)8-10/h5-6,8,13H,2-4,7,9H2,1H3,(H,17,19)/t13-/m0/s1. The molecule has 0 saturated carbocycles. The number of piperidine rings is 1. The fourth-order valence-corrected chi connectivity index (χ4v) is 4.56. The van der Waals surface area contributed by atoms with E-state index >= 15 is 0 Å². The van der Waals surface area contributed by atoms with Gasteiger partial charge in [-0.1, -0.05) is 24.1 Å². The molecule has 5 nitrogen and oxygen atoms in total. The van der Waals surface area contributed by atoms with Crippen molar-refractivity contribution in [3.8, 4) is 0 Å². The van der Waals surface area contributed by atoms with Gasteiger partial charge in [-0.2, -0.15) is 4.31 Å². The van der Waals surface area contributed by atoms with E-state index in [4.69, 9.17) is 11.6 Å². The Morgan fingerprint density at radius 3 is 2.82 bits per heavy atom. The number of amides is 1. The number of sulfonamides is 1. The molecule has 1 heterocycles. The maximum atomic E-state index is 13.2. The zero-order chi connectivity index (χ0) is 16.3. The van der Waals surface area contributed by atoms with Crippen LogP contribution in [0.1, 0.15) is 24.8 Å². The van der Waals surface area contributed by atoms with Crippen molar-refractivity contribution < 1.29 is 17.6 Å². The summed E-state index contributed by atoms with van der Waals surface area (Å²) in [5.74, 6) is -1.20. The van der Waals surface area contributed by atoms with Crippen LogP contribution in [0.25, 0.3) is 0 Å². The largest absolute Gasteiger partial charge is 0.358 e. The quantitative estimate of drug-likeness (QED) is 0.903. The number of hydrogen-bond donors (Lipinski definition) is 1. The SMILES string of the molecule is CNC(=O)[C@@H]1CCCCN1S(=O)(=O)Cc1ccc(F)c(Cl)c1. The minimum atomic E-state index is -3.68. The molecule has 2 rings (SSSR count). The van der Waals surface area contributed by atoms with Gasteiger partial charge in [0.15, 0.2) is 0 Å². The molecule has 1 amide bonds. The van der Waals surface area contributed by atoms with Crippen molar-refractivity contribution >= 4 is 27.5 Å². The molecule has 1 fully saturated rings. The molecule has 1 aromatic rings. The maximum Gasteiger partial charge on any atom is 0.238 e. The van der Waals surface area contributed by atoms with Crippen LogP contribution >= 0.6 is 11.6 Å². The van der Waals surface area contributed by atoms with Crippen LogP contribution in [0.2, 0.25) is 5.02 Å². The van der Waals surface area contributed by atoms with Crippen molar-refractivity contribution in [3.63, 3.8) is 0 Å². The summed E-state index contributed by atoms with van der Waals surface area (Å²) in [6.07, 6.45) is 2.03. The second-order valence-electron chi connectivity index (χ2n) is 5.24. The van der Waals surface area contributed by atoms with Crippen LogP contribution in [0.4, 0.5) is 4.39 Å². The number of hydrogen-bond acceptors (Lipinski definition) is 3. The number of halogens is 2. The average Bonchev–Trinajstić information content (AvgIpc) is 2.50. The van der Waals surface area contributed by atoms with E-state index in [-0.39, 0.29) is 16.7 Å². The van der Waals surface area contributed by atoms with E-state index in [2.05, 4.69) is 5.32 Å². The van der Waals surface area contributed by atoms with Gasteiger partial charge in [0.1, 0.15) is 11.9 Å². The Morgan fingerprint density at radius 1 is 1.45 bits per heavy atom. The van der Waals surface area contributed by atoms with Gasteiger partial charge in [0.2, 0.25) is 15.9 Å². The summed E-state index contributed by atoms with van der Waals surface area (Å²) in [6.45, 7) is 0.315. The summed E-state index contributed by atoms with van der Waals surface area (Å²) in [5.41, 5.74) is 0.396. The van der Waals surface area contributed by atoms with E-state index in [0.717, 1.165) is 18.9 Å². The maximum absolute atomic E-state index is 13.2. The van der Waals surface area contributed by atoms with Crippen LogP contribution in [-0.4, -0.2) is 38.3 Å². The number of nitrogens with zero attached hydrogens (tertiary/aromatic N) is 1. The molecule has 22 heavy (non-hydrogen) atoms. The topological polar surface area (TPSA) is 66.5 Å². The van der Waals surface area contributed by atoms with Gasteiger partial charge in [-0.05, 0) is 30.5 Å². The number of nitrogens with one attached hydrogen (secondary N) is 1. The van der Waals surface area contributed by atoms with Gasteiger partial charge >= 0.3 is 0 Å². The molecule has 0 aromatic heterocycles. The molecule has 0 radical (unpaired) electrons. The highest BCUT2D eigenvalue weighted by Crippen LogP contribution is 2.24. The highest BCUT2D eigenvalue weighted by atomic mass is 35.5. The molecule has 1 N–H and O–H groups in total. The normalized spacial score (nSPS) is 19.9. The fourth-order valence-electron chi connectivity index (χ4n) is 2.59. The Morgan fingerprint density at radius 2 is 2.18 bits per heavy atom. The molecule has 1 aliphatic rings. The van der Waals surface area contributed by atoms with E-state index in [0.29, 0.717) is 18.5 Å². The molecule has 1 aliphatic heterocycles. The summed E-state index contributed by atoms with van der Waals surface area (Å²) >= 11 is 5.68. The molecule has 1 aromatic carbocycles. The molecular weight excluding hydrogens is 331 g/mol. The second-order valence-corrected chi connectivity index (χ2v) is 7.57. The number of benzene rings is 1. The molecular formula is C14H18ClFN2O3S. The zero-order valence-electron chi connectivity index (χ0n) is 12.2. The van der Waals surface area contributed by atoms with Gasteiger partial charge in [0.25, 0.3) is 0 Å². The van der Waals surface area contributed by atoms with E-state index < -0.39 is 21.9 Å². The third-order valence-electron chi connectivity index (χ3n) is 3.69. The fraction of sp³-hybridized carbons (Fsp3) is 0.500. The highest BCUT2D eigenvalue weighted by Gasteiger charge is 2.36. The summed E-state index contributed by atoms with van der Waals surface area (Å²) in [7, 11) is -2.19. The van der Waals surface area contributed by atoms with E-state index in [1.54, 1.807) is 0 Å². The van der Waals surface area contributed by atoms with Crippen molar-refractivity contribution in [2.45, 2.75) is 31.1 Å². The monoisotopic (exact) mass is 348 g/mol. The van der Waals surface area contributed by atoms with Gasteiger partial charge in [0, 0.05) is 13.6 Å². The van der Waals surface area contributed by atoms with Gasteiger partial charge in [0.05, 0.1) is 10.8 Å². The molecule has 0 bridgehead atoms. The third-order valence-corrected chi connectivity index (χ3v) is 5.83. The Hall–Kier alpha value is -1.18. The summed E-state index contributed by atoms with van der Waals surface area (Å²) in [4.78, 5) is 11.9. The van der Waals surface area contributed by atoms with E-state index in [1.807, 2.05) is 0 Å². The molecule has 0 spiro atoms. The molecule has 0 aliphatic carbocycles.